The smallest absolute Gasteiger partial charge is 0.116 e. The van der Waals surface area contributed by atoms with Gasteiger partial charge in [-0.25, -0.2) is 9.97 Å². The Balaban J connectivity index is 2.71. The predicted molar refractivity (Wildman–Crippen MR) is 57.8 cm³/mol. The van der Waals surface area contributed by atoms with Gasteiger partial charge in [-0.2, -0.15) is 0 Å². The lowest BCUT2D eigenvalue weighted by Crippen LogP contribution is -2.30. The van der Waals surface area contributed by atoms with Crippen molar-refractivity contribution in [1.82, 2.24) is 9.97 Å². The van der Waals surface area contributed by atoms with E-state index in [-0.39, 0.29) is 0 Å². The number of nitrogens with zero attached hydrogens (tertiary/aromatic N) is 2. The molecule has 14 heavy (non-hydrogen) atoms. The highest BCUT2D eigenvalue weighted by Gasteiger charge is 1.96. The summed E-state index contributed by atoms with van der Waals surface area (Å²) in [7, 11) is 0. The average molecular weight is 186 g/mol. The van der Waals surface area contributed by atoms with E-state index in [4.69, 9.17) is 0 Å². The Kier molecular flexibility index (Phi) is 2.73. The van der Waals surface area contributed by atoms with E-state index in [1.165, 1.54) is 12.0 Å². The minimum absolute atomic E-state index is 1.10. The fraction of sp³-hybridized carbons (Fsp3) is 0.333. The number of rotatable bonds is 0. The second-order valence-corrected chi connectivity index (χ2v) is 3.59. The van der Waals surface area contributed by atoms with Crippen LogP contribution in [0.1, 0.15) is 26.2 Å². The average Bonchev–Trinajstić information content (AvgIpc) is 2.30. The largest absolute Gasteiger partial charge is 0.244 e. The molecule has 72 valence electrons. The zero-order valence-corrected chi connectivity index (χ0v) is 8.40. The Morgan fingerprint density at radius 3 is 3.21 bits per heavy atom. The van der Waals surface area contributed by atoms with Gasteiger partial charge in [-0.15, -0.1) is 0 Å². The van der Waals surface area contributed by atoms with E-state index in [9.17, 15) is 0 Å². The summed E-state index contributed by atoms with van der Waals surface area (Å²) in [4.78, 5) is 8.38. The van der Waals surface area contributed by atoms with Gasteiger partial charge >= 0.3 is 0 Å². The maximum absolute atomic E-state index is 4.33. The highest BCUT2D eigenvalue weighted by atomic mass is 14.8. The number of allylic oxidation sites excluding steroid dienone is 2. The van der Waals surface area contributed by atoms with Crippen molar-refractivity contribution < 1.29 is 0 Å². The third-order valence-corrected chi connectivity index (χ3v) is 2.48. The molecule has 2 heteroatoms. The van der Waals surface area contributed by atoms with Crippen molar-refractivity contribution in [1.29, 1.82) is 0 Å². The quantitative estimate of drug-likeness (QED) is 0.608. The molecular weight excluding hydrogens is 172 g/mol. The summed E-state index contributed by atoms with van der Waals surface area (Å²) in [5.74, 6) is 0. The minimum atomic E-state index is 1.10. The molecule has 0 saturated carbocycles. The van der Waals surface area contributed by atoms with Crippen LogP contribution in [0.2, 0.25) is 0 Å². The number of fused-ring (bicyclic) bond motifs is 1. The molecule has 2 rings (SSSR count). The minimum Gasteiger partial charge on any atom is -0.244 e. The maximum atomic E-state index is 4.33. The van der Waals surface area contributed by atoms with E-state index in [1.807, 2.05) is 6.20 Å². The molecule has 0 bridgehead atoms. The first-order valence-electron chi connectivity index (χ1n) is 5.00. The lowest BCUT2D eigenvalue weighted by Gasteiger charge is -1.97. The standard InChI is InChI=1S/C12H14N2/c1-10-6-4-2-3-5-7-11-8-13-9-14-12(10)11/h3,5,7-9H,2,4,6H2,1H3/b5-3-,11-7-,12-10+. The van der Waals surface area contributed by atoms with E-state index in [1.54, 1.807) is 6.33 Å². The summed E-state index contributed by atoms with van der Waals surface area (Å²) in [6.07, 6.45) is 13.4. The molecule has 0 aliphatic heterocycles. The van der Waals surface area contributed by atoms with Crippen LogP contribution in [0.3, 0.4) is 0 Å². The van der Waals surface area contributed by atoms with E-state index < -0.39 is 0 Å². The van der Waals surface area contributed by atoms with Gasteiger partial charge in [0, 0.05) is 11.4 Å². The van der Waals surface area contributed by atoms with Gasteiger partial charge in [0.15, 0.2) is 0 Å². The molecule has 0 saturated heterocycles. The van der Waals surface area contributed by atoms with Gasteiger partial charge in [0.05, 0.1) is 5.35 Å². The Morgan fingerprint density at radius 2 is 2.29 bits per heavy atom. The molecule has 0 radical (unpaired) electrons. The molecule has 0 atom stereocenters. The van der Waals surface area contributed by atoms with Crippen LogP contribution in [-0.2, 0) is 0 Å². The predicted octanol–water partition coefficient (Wildman–Crippen LogP) is 1.17. The summed E-state index contributed by atoms with van der Waals surface area (Å²) in [6.45, 7) is 2.16. The van der Waals surface area contributed by atoms with Gasteiger partial charge in [0.2, 0.25) is 0 Å². The van der Waals surface area contributed by atoms with Gasteiger partial charge in [-0.1, -0.05) is 18.2 Å². The van der Waals surface area contributed by atoms with Crippen molar-refractivity contribution in [3.05, 3.63) is 35.2 Å². The fourth-order valence-electron chi connectivity index (χ4n) is 1.69. The Labute approximate surface area is 83.7 Å². The first-order valence-corrected chi connectivity index (χ1v) is 5.00. The Hall–Kier alpha value is -1.44. The van der Waals surface area contributed by atoms with Crippen molar-refractivity contribution in [3.63, 3.8) is 0 Å². The molecule has 1 aliphatic carbocycles. The van der Waals surface area contributed by atoms with Crippen molar-refractivity contribution in [2.45, 2.75) is 26.2 Å². The summed E-state index contributed by atoms with van der Waals surface area (Å²) in [5.41, 5.74) is 1.36. The van der Waals surface area contributed by atoms with E-state index in [2.05, 4.69) is 35.1 Å². The molecule has 1 aromatic rings. The lowest BCUT2D eigenvalue weighted by atomic mass is 10.1. The van der Waals surface area contributed by atoms with Crippen LogP contribution < -0.4 is 10.6 Å². The van der Waals surface area contributed by atoms with Crippen LogP contribution in [-0.4, -0.2) is 9.97 Å². The number of hydrogen-bond donors (Lipinski definition) is 0. The summed E-state index contributed by atoms with van der Waals surface area (Å²) < 4.78 is 0. The van der Waals surface area contributed by atoms with Crippen molar-refractivity contribution >= 4 is 11.6 Å². The van der Waals surface area contributed by atoms with Crippen LogP contribution in [0.4, 0.5) is 0 Å². The molecule has 0 aromatic carbocycles. The van der Waals surface area contributed by atoms with E-state index in [0.29, 0.717) is 0 Å². The SMILES string of the molecule is C\C1=c2/ncnc/c2=C/C=C\CCC1. The molecule has 2 nitrogen and oxygen atoms in total. The van der Waals surface area contributed by atoms with Crippen LogP contribution in [0.25, 0.3) is 11.6 Å². The number of aromatic nitrogens is 2. The fourth-order valence-corrected chi connectivity index (χ4v) is 1.69. The van der Waals surface area contributed by atoms with Crippen LogP contribution in [0, 0.1) is 0 Å². The first-order chi connectivity index (χ1) is 6.88. The van der Waals surface area contributed by atoms with Crippen molar-refractivity contribution in [2.75, 3.05) is 0 Å². The molecule has 1 heterocycles. The van der Waals surface area contributed by atoms with Crippen molar-refractivity contribution in [3.8, 4) is 0 Å². The van der Waals surface area contributed by atoms with Crippen LogP contribution in [0.15, 0.2) is 24.7 Å². The third-order valence-electron chi connectivity index (χ3n) is 2.48. The molecule has 0 fully saturated rings. The van der Waals surface area contributed by atoms with Crippen LogP contribution >= 0.6 is 0 Å². The summed E-state index contributed by atoms with van der Waals surface area (Å²) in [5, 5.41) is 2.23. The third kappa shape index (κ3) is 1.90. The molecule has 1 aromatic heterocycles. The monoisotopic (exact) mass is 186 g/mol. The highest BCUT2D eigenvalue weighted by Crippen LogP contribution is 2.06. The Morgan fingerprint density at radius 1 is 1.36 bits per heavy atom. The normalized spacial score (nSPS) is 24.8. The zero-order chi connectivity index (χ0) is 9.80. The van der Waals surface area contributed by atoms with Gasteiger partial charge in [0.25, 0.3) is 0 Å². The second kappa shape index (κ2) is 4.18. The van der Waals surface area contributed by atoms with Gasteiger partial charge < -0.3 is 0 Å². The van der Waals surface area contributed by atoms with Gasteiger partial charge in [-0.05, 0) is 31.8 Å². The molecule has 0 N–H and O–H groups in total. The topological polar surface area (TPSA) is 25.8 Å². The second-order valence-electron chi connectivity index (χ2n) is 3.59. The zero-order valence-electron chi connectivity index (χ0n) is 8.40. The van der Waals surface area contributed by atoms with Gasteiger partial charge in [0.1, 0.15) is 6.33 Å². The Bertz CT molecular complexity index is 457. The number of hydrogen-bond acceptors (Lipinski definition) is 2. The molecule has 0 amide bonds. The van der Waals surface area contributed by atoms with Crippen molar-refractivity contribution in [2.24, 2.45) is 0 Å². The van der Waals surface area contributed by atoms with Gasteiger partial charge in [-0.3, -0.25) is 0 Å². The lowest BCUT2D eigenvalue weighted by molar-refractivity contribution is 0.869. The summed E-state index contributed by atoms with van der Waals surface area (Å²) in [6, 6.07) is 0. The highest BCUT2D eigenvalue weighted by molar-refractivity contribution is 5.44. The first kappa shape index (κ1) is 9.13. The van der Waals surface area contributed by atoms with Crippen LogP contribution in [0.5, 0.6) is 0 Å². The molecule has 1 aliphatic rings. The molecule has 0 spiro atoms. The van der Waals surface area contributed by atoms with E-state index >= 15 is 0 Å². The molecule has 0 unspecified atom stereocenters. The maximum Gasteiger partial charge on any atom is 0.116 e. The van der Waals surface area contributed by atoms with E-state index in [0.717, 1.165) is 23.4 Å². The summed E-state index contributed by atoms with van der Waals surface area (Å²) >= 11 is 0. The molecular formula is C12H14N2.